The van der Waals surface area contributed by atoms with Crippen molar-refractivity contribution >= 4 is 33.2 Å². The molecule has 0 aromatic heterocycles. The summed E-state index contributed by atoms with van der Waals surface area (Å²) in [4.78, 5) is 12.3. The van der Waals surface area contributed by atoms with Gasteiger partial charge in [-0.05, 0) is 45.8 Å². The van der Waals surface area contributed by atoms with E-state index >= 15 is 0 Å². The number of amides is 1. The number of fused-ring (bicyclic) bond motifs is 1. The lowest BCUT2D eigenvalue weighted by atomic mass is 10.1. The Bertz CT molecular complexity index is 663. The van der Waals surface area contributed by atoms with Gasteiger partial charge in [-0.2, -0.15) is 0 Å². The van der Waals surface area contributed by atoms with Gasteiger partial charge in [0.15, 0.2) is 0 Å². The first-order chi connectivity index (χ1) is 10.2. The van der Waals surface area contributed by atoms with E-state index in [1.807, 2.05) is 42.5 Å². The first-order valence-electron chi connectivity index (χ1n) is 6.66. The molecule has 4 nitrogen and oxygen atoms in total. The van der Waals surface area contributed by atoms with Gasteiger partial charge in [0.05, 0.1) is 11.6 Å². The summed E-state index contributed by atoms with van der Waals surface area (Å²) in [6, 6.07) is 13.2. The molecule has 21 heavy (non-hydrogen) atoms. The number of para-hydroxylation sites is 1. The Morgan fingerprint density at radius 3 is 2.86 bits per heavy atom. The maximum Gasteiger partial charge on any atom is 0.247 e. The van der Waals surface area contributed by atoms with Crippen molar-refractivity contribution < 1.29 is 9.53 Å². The van der Waals surface area contributed by atoms with Gasteiger partial charge in [-0.3, -0.25) is 4.79 Å². The Balaban J connectivity index is 1.69. The second kappa shape index (κ2) is 5.77. The highest BCUT2D eigenvalue weighted by atomic mass is 79.9. The summed E-state index contributed by atoms with van der Waals surface area (Å²) < 4.78 is 5.99. The van der Waals surface area contributed by atoms with Crippen molar-refractivity contribution in [3.8, 4) is 5.75 Å². The fraction of sp³-hybridized carbons (Fsp3) is 0.188. The molecule has 0 fully saturated rings. The molecular formula is C16H15BrN2O2. The fourth-order valence-corrected chi connectivity index (χ4v) is 2.97. The number of carbonyl (C=O) groups excluding carboxylic acids is 1. The summed E-state index contributed by atoms with van der Waals surface area (Å²) in [5.74, 6) is 0.697. The number of anilines is 2. The van der Waals surface area contributed by atoms with Gasteiger partial charge >= 0.3 is 0 Å². The molecule has 1 atom stereocenters. The summed E-state index contributed by atoms with van der Waals surface area (Å²) in [6.07, 6.45) is 0.708. The molecule has 5 heteroatoms. The summed E-state index contributed by atoms with van der Waals surface area (Å²) in [7, 11) is 1.61. The number of nitrogens with one attached hydrogen (secondary N) is 2. The molecule has 108 valence electrons. The van der Waals surface area contributed by atoms with E-state index in [0.717, 1.165) is 21.6 Å². The third-order valence-corrected chi connectivity index (χ3v) is 4.13. The van der Waals surface area contributed by atoms with Crippen LogP contribution >= 0.6 is 15.9 Å². The quantitative estimate of drug-likeness (QED) is 0.894. The number of methoxy groups -OCH3 is 1. The summed E-state index contributed by atoms with van der Waals surface area (Å²) in [5.41, 5.74) is 2.95. The largest absolute Gasteiger partial charge is 0.496 e. The predicted molar refractivity (Wildman–Crippen MR) is 86.9 cm³/mol. The number of halogens is 1. The Morgan fingerprint density at radius 2 is 2.14 bits per heavy atom. The smallest absolute Gasteiger partial charge is 0.247 e. The topological polar surface area (TPSA) is 50.4 Å². The van der Waals surface area contributed by atoms with Gasteiger partial charge in [-0.15, -0.1) is 0 Å². The van der Waals surface area contributed by atoms with Crippen LogP contribution in [0.15, 0.2) is 46.9 Å². The molecule has 2 aromatic rings. The van der Waals surface area contributed by atoms with Crippen LogP contribution in [0.2, 0.25) is 0 Å². The Kier molecular flexibility index (Phi) is 3.84. The van der Waals surface area contributed by atoms with E-state index in [1.165, 1.54) is 5.56 Å². The fourth-order valence-electron chi connectivity index (χ4n) is 2.43. The van der Waals surface area contributed by atoms with Crippen LogP contribution in [0.3, 0.4) is 0 Å². The molecule has 0 bridgehead atoms. The van der Waals surface area contributed by atoms with Crippen molar-refractivity contribution in [3.05, 3.63) is 52.5 Å². The van der Waals surface area contributed by atoms with E-state index in [2.05, 4.69) is 26.6 Å². The second-order valence-corrected chi connectivity index (χ2v) is 5.75. The minimum absolute atomic E-state index is 0.0386. The third kappa shape index (κ3) is 2.88. The average molecular weight is 347 g/mol. The van der Waals surface area contributed by atoms with E-state index in [9.17, 15) is 4.79 Å². The number of hydrogen-bond acceptors (Lipinski definition) is 3. The summed E-state index contributed by atoms with van der Waals surface area (Å²) >= 11 is 3.41. The zero-order valence-electron chi connectivity index (χ0n) is 11.5. The van der Waals surface area contributed by atoms with Gasteiger partial charge in [0.2, 0.25) is 5.91 Å². The van der Waals surface area contributed by atoms with E-state index < -0.39 is 0 Å². The third-order valence-electron chi connectivity index (χ3n) is 3.51. The minimum Gasteiger partial charge on any atom is -0.496 e. The Morgan fingerprint density at radius 1 is 1.33 bits per heavy atom. The molecule has 0 aliphatic carbocycles. The van der Waals surface area contributed by atoms with Crippen LogP contribution in [0, 0.1) is 0 Å². The lowest BCUT2D eigenvalue weighted by Gasteiger charge is -2.13. The minimum atomic E-state index is -0.233. The van der Waals surface area contributed by atoms with Crippen molar-refractivity contribution in [1.82, 2.24) is 0 Å². The first kappa shape index (κ1) is 13.9. The van der Waals surface area contributed by atoms with Crippen LogP contribution in [0.5, 0.6) is 5.75 Å². The lowest BCUT2D eigenvalue weighted by Crippen LogP contribution is -2.32. The second-order valence-electron chi connectivity index (χ2n) is 4.90. The number of carbonyl (C=O) groups is 1. The molecule has 1 aliphatic heterocycles. The molecular weight excluding hydrogens is 332 g/mol. The zero-order valence-corrected chi connectivity index (χ0v) is 13.1. The van der Waals surface area contributed by atoms with Crippen LogP contribution in [0.1, 0.15) is 5.56 Å². The molecule has 2 N–H and O–H groups in total. The predicted octanol–water partition coefficient (Wildman–Crippen LogP) is 3.43. The van der Waals surface area contributed by atoms with Crippen molar-refractivity contribution in [2.75, 3.05) is 17.7 Å². The zero-order chi connectivity index (χ0) is 14.8. The van der Waals surface area contributed by atoms with Gasteiger partial charge in [-0.1, -0.05) is 18.2 Å². The standard InChI is InChI=1S/C16H15BrN2O2/c1-21-15-7-6-11(9-12(15)17)18-16(20)14-8-10-4-2-3-5-13(10)19-14/h2-7,9,14,19H,8H2,1H3,(H,18,20)/t14-/m0/s1. The SMILES string of the molecule is COc1ccc(NC(=O)[C@@H]2Cc3ccccc3N2)cc1Br. The molecule has 0 saturated carbocycles. The van der Waals surface area contributed by atoms with E-state index in [-0.39, 0.29) is 11.9 Å². The van der Waals surface area contributed by atoms with Gasteiger partial charge in [0.1, 0.15) is 11.8 Å². The number of benzene rings is 2. The maximum atomic E-state index is 12.3. The van der Waals surface area contributed by atoms with Crippen LogP contribution in [0.25, 0.3) is 0 Å². The molecule has 0 spiro atoms. The number of hydrogen-bond donors (Lipinski definition) is 2. The van der Waals surface area contributed by atoms with Crippen molar-refractivity contribution in [1.29, 1.82) is 0 Å². The van der Waals surface area contributed by atoms with E-state index in [0.29, 0.717) is 6.42 Å². The highest BCUT2D eigenvalue weighted by Crippen LogP contribution is 2.29. The first-order valence-corrected chi connectivity index (χ1v) is 7.45. The Labute approximate surface area is 131 Å². The lowest BCUT2D eigenvalue weighted by molar-refractivity contribution is -0.116. The maximum absolute atomic E-state index is 12.3. The molecule has 1 aliphatic rings. The highest BCUT2D eigenvalue weighted by Gasteiger charge is 2.26. The molecule has 2 aromatic carbocycles. The summed E-state index contributed by atoms with van der Waals surface area (Å²) in [6.45, 7) is 0. The van der Waals surface area contributed by atoms with Crippen LogP contribution < -0.4 is 15.4 Å². The van der Waals surface area contributed by atoms with E-state index in [4.69, 9.17) is 4.74 Å². The van der Waals surface area contributed by atoms with Gasteiger partial charge in [0.25, 0.3) is 0 Å². The normalized spacial score (nSPS) is 16.0. The van der Waals surface area contributed by atoms with Crippen LogP contribution in [-0.4, -0.2) is 19.1 Å². The van der Waals surface area contributed by atoms with E-state index in [1.54, 1.807) is 7.11 Å². The monoisotopic (exact) mass is 346 g/mol. The van der Waals surface area contributed by atoms with Crippen molar-refractivity contribution in [2.24, 2.45) is 0 Å². The molecule has 0 saturated heterocycles. The molecule has 0 unspecified atom stereocenters. The molecule has 1 heterocycles. The number of rotatable bonds is 3. The Hall–Kier alpha value is -2.01. The number of ether oxygens (including phenoxy) is 1. The molecule has 1 amide bonds. The average Bonchev–Trinajstić information content (AvgIpc) is 2.91. The van der Waals surface area contributed by atoms with Gasteiger partial charge in [0, 0.05) is 17.8 Å². The van der Waals surface area contributed by atoms with Gasteiger partial charge in [-0.25, -0.2) is 0 Å². The molecule has 0 radical (unpaired) electrons. The van der Waals surface area contributed by atoms with Crippen molar-refractivity contribution in [3.63, 3.8) is 0 Å². The summed E-state index contributed by atoms with van der Waals surface area (Å²) in [5, 5.41) is 6.17. The van der Waals surface area contributed by atoms with Crippen molar-refractivity contribution in [2.45, 2.75) is 12.5 Å². The van der Waals surface area contributed by atoms with Crippen LogP contribution in [0.4, 0.5) is 11.4 Å². The molecule has 3 rings (SSSR count). The highest BCUT2D eigenvalue weighted by molar-refractivity contribution is 9.10. The van der Waals surface area contributed by atoms with Crippen LogP contribution in [-0.2, 0) is 11.2 Å². The van der Waals surface area contributed by atoms with Gasteiger partial charge < -0.3 is 15.4 Å².